The number of oxime groups is 1. The maximum atomic E-state index is 12.4. The molecular weight excluding hydrogens is 271 g/mol. The number of anilines is 1. The van der Waals surface area contributed by atoms with Gasteiger partial charge in [0.2, 0.25) is 0 Å². The molecule has 0 bridgehead atoms. The van der Waals surface area contributed by atoms with Crippen LogP contribution >= 0.6 is 0 Å². The van der Waals surface area contributed by atoms with Crippen LogP contribution in [0.25, 0.3) is 0 Å². The standard InChI is InChI=1S/C13H18F3N3O/c1-12(2,11(17)19-20)7-8-18-10-5-3-9(4-6-10)13(14,15)16/h3-6,18,20H,7-8H2,1-2H3,(H2,17,19). The van der Waals surface area contributed by atoms with Crippen molar-refractivity contribution in [2.75, 3.05) is 11.9 Å². The summed E-state index contributed by atoms with van der Waals surface area (Å²) in [5, 5.41) is 14.6. The summed E-state index contributed by atoms with van der Waals surface area (Å²) in [6.07, 6.45) is -3.75. The quantitative estimate of drug-likeness (QED) is 0.337. The topological polar surface area (TPSA) is 70.6 Å². The highest BCUT2D eigenvalue weighted by Gasteiger charge is 2.30. The maximum absolute atomic E-state index is 12.4. The van der Waals surface area contributed by atoms with E-state index in [2.05, 4.69) is 10.5 Å². The number of benzene rings is 1. The van der Waals surface area contributed by atoms with Crippen LogP contribution in [0.2, 0.25) is 0 Å². The molecule has 0 amide bonds. The highest BCUT2D eigenvalue weighted by atomic mass is 19.4. The molecule has 0 aliphatic rings. The average molecular weight is 289 g/mol. The van der Waals surface area contributed by atoms with Gasteiger partial charge in [0.1, 0.15) is 5.84 Å². The van der Waals surface area contributed by atoms with Crippen LogP contribution in [-0.4, -0.2) is 17.6 Å². The third kappa shape index (κ3) is 4.32. The van der Waals surface area contributed by atoms with E-state index in [1.807, 2.05) is 13.8 Å². The Morgan fingerprint density at radius 3 is 2.25 bits per heavy atom. The smallest absolute Gasteiger partial charge is 0.409 e. The molecule has 0 fully saturated rings. The van der Waals surface area contributed by atoms with Gasteiger partial charge < -0.3 is 16.3 Å². The van der Waals surface area contributed by atoms with Gasteiger partial charge in [-0.05, 0) is 30.7 Å². The van der Waals surface area contributed by atoms with Crippen molar-refractivity contribution in [2.45, 2.75) is 26.4 Å². The minimum Gasteiger partial charge on any atom is -0.409 e. The Bertz CT molecular complexity index is 467. The second-order valence-corrected chi connectivity index (χ2v) is 5.12. The van der Waals surface area contributed by atoms with Crippen molar-refractivity contribution in [1.82, 2.24) is 0 Å². The van der Waals surface area contributed by atoms with Crippen LogP contribution in [0.5, 0.6) is 0 Å². The van der Waals surface area contributed by atoms with E-state index in [0.29, 0.717) is 18.7 Å². The molecule has 7 heteroatoms. The average Bonchev–Trinajstić information content (AvgIpc) is 2.37. The summed E-state index contributed by atoms with van der Waals surface area (Å²) in [4.78, 5) is 0. The zero-order chi connectivity index (χ0) is 15.4. The number of nitrogens with two attached hydrogens (primary N) is 1. The molecular formula is C13H18F3N3O. The van der Waals surface area contributed by atoms with Crippen LogP contribution in [-0.2, 0) is 6.18 Å². The van der Waals surface area contributed by atoms with E-state index < -0.39 is 17.2 Å². The predicted octanol–water partition coefficient (Wildman–Crippen LogP) is 3.28. The highest BCUT2D eigenvalue weighted by Crippen LogP contribution is 2.30. The van der Waals surface area contributed by atoms with Gasteiger partial charge in [-0.15, -0.1) is 0 Å². The van der Waals surface area contributed by atoms with E-state index in [4.69, 9.17) is 10.9 Å². The molecule has 0 saturated heterocycles. The lowest BCUT2D eigenvalue weighted by molar-refractivity contribution is -0.137. The Morgan fingerprint density at radius 1 is 1.25 bits per heavy atom. The molecule has 0 aliphatic heterocycles. The molecule has 0 atom stereocenters. The third-order valence-electron chi connectivity index (χ3n) is 3.09. The third-order valence-corrected chi connectivity index (χ3v) is 3.09. The monoisotopic (exact) mass is 289 g/mol. The van der Waals surface area contributed by atoms with E-state index in [9.17, 15) is 13.2 Å². The van der Waals surface area contributed by atoms with Gasteiger partial charge >= 0.3 is 6.18 Å². The van der Waals surface area contributed by atoms with Crippen molar-refractivity contribution in [3.05, 3.63) is 29.8 Å². The molecule has 0 saturated carbocycles. The summed E-state index contributed by atoms with van der Waals surface area (Å²) in [6.45, 7) is 4.13. The summed E-state index contributed by atoms with van der Waals surface area (Å²) in [6, 6.07) is 4.80. The number of nitrogens with zero attached hydrogens (tertiary/aromatic N) is 1. The molecule has 1 aromatic carbocycles. The van der Waals surface area contributed by atoms with Gasteiger partial charge in [0, 0.05) is 17.6 Å². The lowest BCUT2D eigenvalue weighted by Gasteiger charge is -2.23. The van der Waals surface area contributed by atoms with Gasteiger partial charge in [0.05, 0.1) is 5.56 Å². The van der Waals surface area contributed by atoms with E-state index in [1.54, 1.807) is 0 Å². The zero-order valence-electron chi connectivity index (χ0n) is 11.3. The lowest BCUT2D eigenvalue weighted by Crippen LogP contribution is -2.33. The van der Waals surface area contributed by atoms with Crippen molar-refractivity contribution < 1.29 is 18.4 Å². The van der Waals surface area contributed by atoms with Crippen molar-refractivity contribution in [1.29, 1.82) is 0 Å². The fraction of sp³-hybridized carbons (Fsp3) is 0.462. The molecule has 4 N–H and O–H groups in total. The first-order chi connectivity index (χ1) is 9.16. The Kier molecular flexibility index (Phi) is 4.86. The zero-order valence-corrected chi connectivity index (χ0v) is 11.3. The Balaban J connectivity index is 2.55. The molecule has 0 radical (unpaired) electrons. The normalized spacial score (nSPS) is 13.3. The largest absolute Gasteiger partial charge is 0.416 e. The van der Waals surface area contributed by atoms with Crippen molar-refractivity contribution in [2.24, 2.45) is 16.3 Å². The van der Waals surface area contributed by atoms with Crippen LogP contribution in [0.3, 0.4) is 0 Å². The van der Waals surface area contributed by atoms with Gasteiger partial charge in [0.25, 0.3) is 0 Å². The molecule has 0 aromatic heterocycles. The van der Waals surface area contributed by atoms with E-state index >= 15 is 0 Å². The van der Waals surface area contributed by atoms with Crippen molar-refractivity contribution in [3.63, 3.8) is 0 Å². The number of rotatable bonds is 5. The number of amidine groups is 1. The Hall–Kier alpha value is -1.92. The summed E-state index contributed by atoms with van der Waals surface area (Å²) < 4.78 is 37.2. The fourth-order valence-corrected chi connectivity index (χ4v) is 1.56. The van der Waals surface area contributed by atoms with Crippen molar-refractivity contribution in [3.8, 4) is 0 Å². The predicted molar refractivity (Wildman–Crippen MR) is 71.7 cm³/mol. The van der Waals surface area contributed by atoms with Gasteiger partial charge in [0.15, 0.2) is 0 Å². The van der Waals surface area contributed by atoms with Crippen molar-refractivity contribution >= 4 is 11.5 Å². The van der Waals surface area contributed by atoms with E-state index in [-0.39, 0.29) is 5.84 Å². The second kappa shape index (κ2) is 6.02. The molecule has 0 heterocycles. The summed E-state index contributed by atoms with van der Waals surface area (Å²) >= 11 is 0. The van der Waals surface area contributed by atoms with E-state index in [0.717, 1.165) is 12.1 Å². The summed E-state index contributed by atoms with van der Waals surface area (Å²) in [5.41, 5.74) is 4.96. The van der Waals surface area contributed by atoms with Crippen LogP contribution in [0.4, 0.5) is 18.9 Å². The molecule has 112 valence electrons. The fourth-order valence-electron chi connectivity index (χ4n) is 1.56. The van der Waals surface area contributed by atoms with Gasteiger partial charge in [-0.1, -0.05) is 19.0 Å². The molecule has 0 unspecified atom stereocenters. The molecule has 1 rings (SSSR count). The number of hydrogen-bond acceptors (Lipinski definition) is 3. The highest BCUT2D eigenvalue weighted by molar-refractivity contribution is 5.85. The first-order valence-electron chi connectivity index (χ1n) is 6.06. The molecule has 4 nitrogen and oxygen atoms in total. The lowest BCUT2D eigenvalue weighted by atomic mass is 9.88. The minimum atomic E-state index is -4.33. The molecule has 0 spiro atoms. The maximum Gasteiger partial charge on any atom is 0.416 e. The number of hydrogen-bond donors (Lipinski definition) is 3. The van der Waals surface area contributed by atoms with Crippen LogP contribution < -0.4 is 11.1 Å². The molecule has 1 aromatic rings. The molecule has 20 heavy (non-hydrogen) atoms. The van der Waals surface area contributed by atoms with E-state index in [1.165, 1.54) is 12.1 Å². The first kappa shape index (κ1) is 16.1. The number of nitrogens with one attached hydrogen (secondary N) is 1. The SMILES string of the molecule is CC(C)(CCNc1ccc(C(F)(F)F)cc1)C(N)=NO. The first-order valence-corrected chi connectivity index (χ1v) is 6.06. The Labute approximate surface area is 115 Å². The second-order valence-electron chi connectivity index (χ2n) is 5.12. The molecule has 0 aliphatic carbocycles. The summed E-state index contributed by atoms with van der Waals surface area (Å²) in [7, 11) is 0. The van der Waals surface area contributed by atoms with Gasteiger partial charge in [-0.2, -0.15) is 13.2 Å². The minimum absolute atomic E-state index is 0.117. The Morgan fingerprint density at radius 2 is 1.80 bits per heavy atom. The summed E-state index contributed by atoms with van der Waals surface area (Å²) in [5.74, 6) is 0.117. The van der Waals surface area contributed by atoms with Gasteiger partial charge in [-0.3, -0.25) is 0 Å². The number of halogens is 3. The number of alkyl halides is 3. The van der Waals surface area contributed by atoms with Crippen LogP contribution in [0.15, 0.2) is 29.4 Å². The van der Waals surface area contributed by atoms with Crippen LogP contribution in [0, 0.1) is 5.41 Å². The van der Waals surface area contributed by atoms with Crippen LogP contribution in [0.1, 0.15) is 25.8 Å². The van der Waals surface area contributed by atoms with Gasteiger partial charge in [-0.25, -0.2) is 0 Å².